The van der Waals surface area contributed by atoms with E-state index in [4.69, 9.17) is 0 Å². The first-order valence-electron chi connectivity index (χ1n) is 6.60. The van der Waals surface area contributed by atoms with Crippen molar-refractivity contribution in [2.45, 2.75) is 32.2 Å². The highest BCUT2D eigenvalue weighted by atomic mass is 15.1. The van der Waals surface area contributed by atoms with Gasteiger partial charge in [-0.25, -0.2) is 0 Å². The Hall–Kier alpha value is -0.860. The van der Waals surface area contributed by atoms with Crippen LogP contribution in [0.1, 0.15) is 25.3 Å². The minimum atomic E-state index is 0.619. The molecule has 0 aromatic heterocycles. The SMILES string of the molecule is CC(CCN(C)C)NCCCc1ccccc1. The van der Waals surface area contributed by atoms with E-state index >= 15 is 0 Å². The first kappa shape index (κ1) is 14.2. The molecule has 2 nitrogen and oxygen atoms in total. The Labute approximate surface area is 106 Å². The second-order valence-corrected chi connectivity index (χ2v) is 5.04. The van der Waals surface area contributed by atoms with Gasteiger partial charge in [-0.05, 0) is 58.9 Å². The lowest BCUT2D eigenvalue weighted by molar-refractivity contribution is 0.366. The van der Waals surface area contributed by atoms with E-state index in [-0.39, 0.29) is 0 Å². The molecular weight excluding hydrogens is 208 g/mol. The highest BCUT2D eigenvalue weighted by Crippen LogP contribution is 2.02. The average molecular weight is 234 g/mol. The second-order valence-electron chi connectivity index (χ2n) is 5.04. The van der Waals surface area contributed by atoms with E-state index in [0.717, 1.165) is 13.1 Å². The third-order valence-electron chi connectivity index (χ3n) is 2.99. The van der Waals surface area contributed by atoms with Crippen molar-refractivity contribution in [3.05, 3.63) is 35.9 Å². The fourth-order valence-electron chi connectivity index (χ4n) is 1.84. The van der Waals surface area contributed by atoms with E-state index in [1.165, 1.54) is 24.8 Å². The Bertz CT molecular complexity index is 282. The fourth-order valence-corrected chi connectivity index (χ4v) is 1.84. The smallest absolute Gasteiger partial charge is 0.00508 e. The first-order valence-corrected chi connectivity index (χ1v) is 6.60. The van der Waals surface area contributed by atoms with Crippen LogP contribution in [0.4, 0.5) is 0 Å². The maximum Gasteiger partial charge on any atom is 0.00508 e. The van der Waals surface area contributed by atoms with Crippen LogP contribution >= 0.6 is 0 Å². The molecule has 0 spiro atoms. The highest BCUT2D eigenvalue weighted by Gasteiger charge is 2.01. The third kappa shape index (κ3) is 7.14. The van der Waals surface area contributed by atoms with Crippen LogP contribution in [0.25, 0.3) is 0 Å². The number of aryl methyl sites for hydroxylation is 1. The summed E-state index contributed by atoms with van der Waals surface area (Å²) in [5, 5.41) is 3.58. The van der Waals surface area contributed by atoms with Crippen LogP contribution in [-0.2, 0) is 6.42 Å². The zero-order valence-electron chi connectivity index (χ0n) is 11.4. The zero-order chi connectivity index (χ0) is 12.5. The van der Waals surface area contributed by atoms with Gasteiger partial charge in [0.25, 0.3) is 0 Å². The maximum absolute atomic E-state index is 3.58. The number of benzene rings is 1. The van der Waals surface area contributed by atoms with Crippen molar-refractivity contribution in [2.75, 3.05) is 27.2 Å². The van der Waals surface area contributed by atoms with Gasteiger partial charge in [-0.2, -0.15) is 0 Å². The molecule has 17 heavy (non-hydrogen) atoms. The molecule has 1 unspecified atom stereocenters. The second kappa shape index (κ2) is 8.26. The summed E-state index contributed by atoms with van der Waals surface area (Å²) >= 11 is 0. The molecule has 0 saturated carbocycles. The molecule has 0 aliphatic heterocycles. The van der Waals surface area contributed by atoms with Crippen molar-refractivity contribution in [1.82, 2.24) is 10.2 Å². The molecule has 1 rings (SSSR count). The molecule has 0 saturated heterocycles. The summed E-state index contributed by atoms with van der Waals surface area (Å²) in [6, 6.07) is 11.3. The molecule has 0 radical (unpaired) electrons. The molecular formula is C15H26N2. The molecule has 1 N–H and O–H groups in total. The van der Waals surface area contributed by atoms with Gasteiger partial charge in [0.2, 0.25) is 0 Å². The van der Waals surface area contributed by atoms with Gasteiger partial charge in [0.05, 0.1) is 0 Å². The Kier molecular flexibility index (Phi) is 6.90. The predicted molar refractivity (Wildman–Crippen MR) is 75.4 cm³/mol. The summed E-state index contributed by atoms with van der Waals surface area (Å²) in [7, 11) is 4.25. The van der Waals surface area contributed by atoms with Crippen molar-refractivity contribution >= 4 is 0 Å². The van der Waals surface area contributed by atoms with Crippen LogP contribution in [0, 0.1) is 0 Å². The molecule has 96 valence electrons. The summed E-state index contributed by atoms with van der Waals surface area (Å²) in [4.78, 5) is 2.24. The normalized spacial score (nSPS) is 12.9. The highest BCUT2D eigenvalue weighted by molar-refractivity contribution is 5.14. The number of nitrogens with one attached hydrogen (secondary N) is 1. The van der Waals surface area contributed by atoms with E-state index in [1.807, 2.05) is 0 Å². The Morgan fingerprint density at radius 2 is 1.88 bits per heavy atom. The Morgan fingerprint density at radius 1 is 1.18 bits per heavy atom. The molecule has 0 aliphatic rings. The molecule has 1 atom stereocenters. The maximum atomic E-state index is 3.58. The van der Waals surface area contributed by atoms with E-state index in [2.05, 4.69) is 61.6 Å². The standard InChI is InChI=1S/C15H26N2/c1-14(11-13-17(2)3)16-12-7-10-15-8-5-4-6-9-15/h4-6,8-9,14,16H,7,10-13H2,1-3H3. The average Bonchev–Trinajstić information content (AvgIpc) is 2.33. The molecule has 0 heterocycles. The van der Waals surface area contributed by atoms with E-state index in [9.17, 15) is 0 Å². The number of hydrogen-bond donors (Lipinski definition) is 1. The molecule has 0 bridgehead atoms. The van der Waals surface area contributed by atoms with E-state index in [0.29, 0.717) is 6.04 Å². The van der Waals surface area contributed by atoms with Crippen molar-refractivity contribution < 1.29 is 0 Å². The number of nitrogens with zero attached hydrogens (tertiary/aromatic N) is 1. The molecule has 0 fully saturated rings. The van der Waals surface area contributed by atoms with Crippen LogP contribution in [0.3, 0.4) is 0 Å². The van der Waals surface area contributed by atoms with Gasteiger partial charge in [-0.3, -0.25) is 0 Å². The lowest BCUT2D eigenvalue weighted by Gasteiger charge is -2.16. The van der Waals surface area contributed by atoms with E-state index < -0.39 is 0 Å². The zero-order valence-corrected chi connectivity index (χ0v) is 11.4. The molecule has 0 aliphatic carbocycles. The van der Waals surface area contributed by atoms with Gasteiger partial charge >= 0.3 is 0 Å². The predicted octanol–water partition coefficient (Wildman–Crippen LogP) is 2.55. The van der Waals surface area contributed by atoms with Gasteiger partial charge in [0, 0.05) is 6.04 Å². The summed E-state index contributed by atoms with van der Waals surface area (Å²) in [6.45, 7) is 4.54. The summed E-state index contributed by atoms with van der Waals surface area (Å²) in [5.74, 6) is 0. The van der Waals surface area contributed by atoms with Crippen LogP contribution in [0.15, 0.2) is 30.3 Å². The van der Waals surface area contributed by atoms with Crippen molar-refractivity contribution in [2.24, 2.45) is 0 Å². The fraction of sp³-hybridized carbons (Fsp3) is 0.600. The number of hydrogen-bond acceptors (Lipinski definition) is 2. The largest absolute Gasteiger partial charge is 0.314 e. The number of rotatable bonds is 8. The quantitative estimate of drug-likeness (QED) is 0.695. The lowest BCUT2D eigenvalue weighted by Crippen LogP contribution is -2.30. The molecule has 0 amide bonds. The van der Waals surface area contributed by atoms with Gasteiger partial charge in [-0.15, -0.1) is 0 Å². The first-order chi connectivity index (χ1) is 8.18. The van der Waals surface area contributed by atoms with Crippen molar-refractivity contribution in [3.63, 3.8) is 0 Å². The van der Waals surface area contributed by atoms with Crippen LogP contribution in [0.2, 0.25) is 0 Å². The topological polar surface area (TPSA) is 15.3 Å². The summed E-state index contributed by atoms with van der Waals surface area (Å²) in [5.41, 5.74) is 1.44. The van der Waals surface area contributed by atoms with Crippen LogP contribution < -0.4 is 5.32 Å². The summed E-state index contributed by atoms with van der Waals surface area (Å²) in [6.07, 6.45) is 3.61. The molecule has 1 aromatic rings. The minimum absolute atomic E-state index is 0.619. The summed E-state index contributed by atoms with van der Waals surface area (Å²) < 4.78 is 0. The minimum Gasteiger partial charge on any atom is -0.314 e. The van der Waals surface area contributed by atoms with Gasteiger partial charge < -0.3 is 10.2 Å². The van der Waals surface area contributed by atoms with Crippen molar-refractivity contribution in [3.8, 4) is 0 Å². The lowest BCUT2D eigenvalue weighted by atomic mass is 10.1. The molecule has 1 aromatic carbocycles. The van der Waals surface area contributed by atoms with Crippen molar-refractivity contribution in [1.29, 1.82) is 0 Å². The Morgan fingerprint density at radius 3 is 2.53 bits per heavy atom. The Balaban J connectivity index is 2.04. The monoisotopic (exact) mass is 234 g/mol. The van der Waals surface area contributed by atoms with Gasteiger partial charge in [-0.1, -0.05) is 30.3 Å². The van der Waals surface area contributed by atoms with E-state index in [1.54, 1.807) is 0 Å². The van der Waals surface area contributed by atoms with Crippen LogP contribution in [0.5, 0.6) is 0 Å². The molecule has 2 heteroatoms. The van der Waals surface area contributed by atoms with Crippen LogP contribution in [-0.4, -0.2) is 38.1 Å². The van der Waals surface area contributed by atoms with Gasteiger partial charge in [0.15, 0.2) is 0 Å². The van der Waals surface area contributed by atoms with Gasteiger partial charge in [0.1, 0.15) is 0 Å². The third-order valence-corrected chi connectivity index (χ3v) is 2.99.